The maximum Gasteiger partial charge on any atom is 0.330 e. The predicted octanol–water partition coefficient (Wildman–Crippen LogP) is 4.12. The standard InChI is InChI=1S/C21H19NO5/c1-24-18-12-15(9-11-21(23)25-2)8-10-17(18)26-14-20-22-13-19(27-20)16-6-4-3-5-7-16/h3-13H,14H2,1-2H3/b11-9+. The van der Waals surface area contributed by atoms with Crippen LogP contribution < -0.4 is 9.47 Å². The molecule has 6 heteroatoms. The zero-order valence-corrected chi connectivity index (χ0v) is 15.0. The molecule has 0 spiro atoms. The Bertz CT molecular complexity index is 931. The monoisotopic (exact) mass is 365 g/mol. The topological polar surface area (TPSA) is 70.8 Å². The molecule has 0 bridgehead atoms. The van der Waals surface area contributed by atoms with Crippen LogP contribution in [0.3, 0.4) is 0 Å². The number of hydrogen-bond donors (Lipinski definition) is 0. The van der Waals surface area contributed by atoms with Crippen molar-refractivity contribution >= 4 is 12.0 Å². The minimum Gasteiger partial charge on any atom is -0.493 e. The average Bonchev–Trinajstić information content (AvgIpc) is 3.20. The number of aromatic nitrogens is 1. The van der Waals surface area contributed by atoms with E-state index in [1.807, 2.05) is 36.4 Å². The van der Waals surface area contributed by atoms with Gasteiger partial charge in [0.25, 0.3) is 0 Å². The van der Waals surface area contributed by atoms with E-state index in [0.29, 0.717) is 23.1 Å². The number of carbonyl (C=O) groups is 1. The molecule has 0 radical (unpaired) electrons. The van der Waals surface area contributed by atoms with Gasteiger partial charge in [0.1, 0.15) is 0 Å². The fourth-order valence-corrected chi connectivity index (χ4v) is 2.39. The second kappa shape index (κ2) is 8.71. The highest BCUT2D eigenvalue weighted by Gasteiger charge is 2.10. The van der Waals surface area contributed by atoms with Gasteiger partial charge in [-0.05, 0) is 23.8 Å². The van der Waals surface area contributed by atoms with Crippen LogP contribution in [-0.2, 0) is 16.1 Å². The van der Waals surface area contributed by atoms with Gasteiger partial charge in [-0.2, -0.15) is 0 Å². The highest BCUT2D eigenvalue weighted by molar-refractivity contribution is 5.87. The van der Waals surface area contributed by atoms with Crippen LogP contribution in [0.2, 0.25) is 0 Å². The minimum atomic E-state index is -0.424. The Balaban J connectivity index is 1.68. The van der Waals surface area contributed by atoms with E-state index in [0.717, 1.165) is 11.1 Å². The second-order valence-electron chi connectivity index (χ2n) is 5.54. The highest BCUT2D eigenvalue weighted by atomic mass is 16.5. The fourth-order valence-electron chi connectivity index (χ4n) is 2.39. The van der Waals surface area contributed by atoms with E-state index in [2.05, 4.69) is 9.72 Å². The number of carbonyl (C=O) groups excluding carboxylic acids is 1. The lowest BCUT2D eigenvalue weighted by atomic mass is 10.2. The number of oxazole rings is 1. The molecule has 138 valence electrons. The van der Waals surface area contributed by atoms with Crippen molar-refractivity contribution in [2.75, 3.05) is 14.2 Å². The van der Waals surface area contributed by atoms with Crippen molar-refractivity contribution in [2.45, 2.75) is 6.61 Å². The van der Waals surface area contributed by atoms with Crippen molar-refractivity contribution in [3.8, 4) is 22.8 Å². The first-order valence-corrected chi connectivity index (χ1v) is 8.26. The van der Waals surface area contributed by atoms with E-state index >= 15 is 0 Å². The van der Waals surface area contributed by atoms with Gasteiger partial charge in [0.15, 0.2) is 23.9 Å². The van der Waals surface area contributed by atoms with E-state index in [9.17, 15) is 4.79 Å². The maximum absolute atomic E-state index is 11.2. The molecular weight excluding hydrogens is 346 g/mol. The lowest BCUT2D eigenvalue weighted by Crippen LogP contribution is -1.98. The summed E-state index contributed by atoms with van der Waals surface area (Å²) in [5.74, 6) is 1.81. The molecular formula is C21H19NO5. The van der Waals surface area contributed by atoms with E-state index in [-0.39, 0.29) is 6.61 Å². The molecule has 3 aromatic rings. The first-order chi connectivity index (χ1) is 13.2. The van der Waals surface area contributed by atoms with Crippen LogP contribution in [-0.4, -0.2) is 25.2 Å². The van der Waals surface area contributed by atoms with Gasteiger partial charge in [0.05, 0.1) is 20.4 Å². The summed E-state index contributed by atoms with van der Waals surface area (Å²) in [7, 11) is 2.88. The van der Waals surface area contributed by atoms with Crippen LogP contribution in [0.5, 0.6) is 11.5 Å². The number of methoxy groups -OCH3 is 2. The Morgan fingerprint density at radius 3 is 2.67 bits per heavy atom. The molecule has 0 aliphatic rings. The van der Waals surface area contributed by atoms with E-state index in [4.69, 9.17) is 13.9 Å². The molecule has 6 nitrogen and oxygen atoms in total. The van der Waals surface area contributed by atoms with E-state index < -0.39 is 5.97 Å². The number of benzene rings is 2. The van der Waals surface area contributed by atoms with E-state index in [1.54, 1.807) is 31.5 Å². The molecule has 0 saturated heterocycles. The lowest BCUT2D eigenvalue weighted by Gasteiger charge is -2.10. The zero-order valence-electron chi connectivity index (χ0n) is 15.0. The normalized spacial score (nSPS) is 10.7. The summed E-state index contributed by atoms with van der Waals surface area (Å²) in [5.41, 5.74) is 1.74. The van der Waals surface area contributed by atoms with Crippen LogP contribution in [0.25, 0.3) is 17.4 Å². The van der Waals surface area contributed by atoms with Crippen LogP contribution in [0.15, 0.2) is 65.2 Å². The third kappa shape index (κ3) is 4.76. The van der Waals surface area contributed by atoms with Crippen molar-refractivity contribution in [1.29, 1.82) is 0 Å². The number of nitrogens with zero attached hydrogens (tertiary/aromatic N) is 1. The van der Waals surface area contributed by atoms with E-state index in [1.165, 1.54) is 13.2 Å². The number of hydrogen-bond acceptors (Lipinski definition) is 6. The summed E-state index contributed by atoms with van der Waals surface area (Å²) in [4.78, 5) is 15.4. The molecule has 0 amide bonds. The summed E-state index contributed by atoms with van der Waals surface area (Å²) in [6.45, 7) is 0.167. The Kier molecular flexibility index (Phi) is 5.89. The summed E-state index contributed by atoms with van der Waals surface area (Å²) >= 11 is 0. The summed E-state index contributed by atoms with van der Waals surface area (Å²) in [5, 5.41) is 0. The second-order valence-corrected chi connectivity index (χ2v) is 5.54. The molecule has 0 fully saturated rings. The maximum atomic E-state index is 11.2. The van der Waals surface area contributed by atoms with Crippen molar-refractivity contribution in [2.24, 2.45) is 0 Å². The molecule has 0 N–H and O–H groups in total. The van der Waals surface area contributed by atoms with Crippen molar-refractivity contribution in [3.05, 3.63) is 72.3 Å². The van der Waals surface area contributed by atoms with Crippen molar-refractivity contribution in [1.82, 2.24) is 4.98 Å². The smallest absolute Gasteiger partial charge is 0.330 e. The molecule has 0 saturated carbocycles. The van der Waals surface area contributed by atoms with Gasteiger partial charge >= 0.3 is 5.97 Å². The molecule has 0 unspecified atom stereocenters. The van der Waals surface area contributed by atoms with Gasteiger partial charge in [-0.15, -0.1) is 0 Å². The fraction of sp³-hybridized carbons (Fsp3) is 0.143. The third-order valence-corrected chi connectivity index (χ3v) is 3.76. The Morgan fingerprint density at radius 1 is 1.11 bits per heavy atom. The SMILES string of the molecule is COC(=O)/C=C/c1ccc(OCc2ncc(-c3ccccc3)o2)c(OC)c1. The molecule has 0 atom stereocenters. The van der Waals surface area contributed by atoms with Gasteiger partial charge in [-0.3, -0.25) is 0 Å². The first kappa shape index (κ1) is 18.3. The van der Waals surface area contributed by atoms with Crippen LogP contribution in [0.4, 0.5) is 0 Å². The Hall–Kier alpha value is -3.54. The molecule has 1 heterocycles. The summed E-state index contributed by atoms with van der Waals surface area (Å²) < 4.78 is 21.4. The molecule has 1 aromatic heterocycles. The van der Waals surface area contributed by atoms with Gasteiger partial charge in [-0.1, -0.05) is 36.4 Å². The van der Waals surface area contributed by atoms with Gasteiger partial charge < -0.3 is 18.6 Å². The Morgan fingerprint density at radius 2 is 1.93 bits per heavy atom. The van der Waals surface area contributed by atoms with Gasteiger partial charge in [0, 0.05) is 11.6 Å². The largest absolute Gasteiger partial charge is 0.493 e. The zero-order chi connectivity index (χ0) is 19.1. The molecule has 3 rings (SSSR count). The van der Waals surface area contributed by atoms with Crippen molar-refractivity contribution < 1.29 is 23.4 Å². The van der Waals surface area contributed by atoms with Gasteiger partial charge in [0.2, 0.25) is 5.89 Å². The molecule has 2 aromatic carbocycles. The number of esters is 1. The van der Waals surface area contributed by atoms with Crippen LogP contribution in [0.1, 0.15) is 11.5 Å². The predicted molar refractivity (Wildman–Crippen MR) is 100 cm³/mol. The minimum absolute atomic E-state index is 0.167. The van der Waals surface area contributed by atoms with Crippen LogP contribution in [0, 0.1) is 0 Å². The highest BCUT2D eigenvalue weighted by Crippen LogP contribution is 2.29. The average molecular weight is 365 g/mol. The third-order valence-electron chi connectivity index (χ3n) is 3.76. The summed E-state index contributed by atoms with van der Waals surface area (Å²) in [6, 6.07) is 15.1. The quantitative estimate of drug-likeness (QED) is 0.463. The van der Waals surface area contributed by atoms with Crippen LogP contribution >= 0.6 is 0 Å². The van der Waals surface area contributed by atoms with Gasteiger partial charge in [-0.25, -0.2) is 9.78 Å². The Labute approximate surface area is 157 Å². The van der Waals surface area contributed by atoms with Crippen molar-refractivity contribution in [3.63, 3.8) is 0 Å². The lowest BCUT2D eigenvalue weighted by molar-refractivity contribution is -0.134. The molecule has 0 aliphatic carbocycles. The number of rotatable bonds is 7. The summed E-state index contributed by atoms with van der Waals surface area (Å²) in [6.07, 6.45) is 4.65. The number of ether oxygens (including phenoxy) is 3. The molecule has 27 heavy (non-hydrogen) atoms. The molecule has 0 aliphatic heterocycles. The first-order valence-electron chi connectivity index (χ1n) is 8.26.